The number of para-hydroxylation sites is 1. The molecule has 0 spiro atoms. The van der Waals surface area contributed by atoms with E-state index in [-0.39, 0.29) is 12.2 Å². The Morgan fingerprint density at radius 1 is 1.07 bits per heavy atom. The number of allylic oxidation sites excluding steroid dienone is 1. The lowest BCUT2D eigenvalue weighted by molar-refractivity contribution is -0.139. The maximum Gasteiger partial charge on any atom is 0.338 e. The molecule has 1 atom stereocenters. The van der Waals surface area contributed by atoms with Crippen LogP contribution in [0.5, 0.6) is 11.5 Å². The van der Waals surface area contributed by atoms with Crippen LogP contribution < -0.4 is 10.1 Å². The number of benzene rings is 2. The largest absolute Gasteiger partial charge is 0.463 e. The van der Waals surface area contributed by atoms with Crippen molar-refractivity contribution in [2.45, 2.75) is 26.8 Å². The molecule has 1 N–H and O–H groups in total. The molecule has 150 valence electrons. The Balaban J connectivity index is 2.06. The Morgan fingerprint density at radius 3 is 2.41 bits per heavy atom. The fraction of sp³-hybridized carbons (Fsp3) is 0.227. The van der Waals surface area contributed by atoms with E-state index in [1.54, 1.807) is 38.1 Å². The molecule has 29 heavy (non-hydrogen) atoms. The van der Waals surface area contributed by atoms with Crippen molar-refractivity contribution in [1.82, 2.24) is 10.2 Å². The average Bonchev–Trinajstić information content (AvgIpc) is 2.68. The number of nitrogens with zero attached hydrogens (tertiary/aromatic N) is 1. The van der Waals surface area contributed by atoms with Crippen LogP contribution in [0.25, 0.3) is 0 Å². The zero-order valence-electron chi connectivity index (χ0n) is 16.5. The van der Waals surface area contributed by atoms with Gasteiger partial charge in [0.05, 0.1) is 12.2 Å². The van der Waals surface area contributed by atoms with E-state index in [1.807, 2.05) is 30.3 Å². The van der Waals surface area contributed by atoms with Crippen molar-refractivity contribution >= 4 is 17.9 Å². The highest BCUT2D eigenvalue weighted by atomic mass is 16.5. The van der Waals surface area contributed by atoms with Crippen molar-refractivity contribution in [2.75, 3.05) is 6.61 Å². The van der Waals surface area contributed by atoms with Gasteiger partial charge in [0.25, 0.3) is 0 Å². The zero-order chi connectivity index (χ0) is 21.0. The highest BCUT2D eigenvalue weighted by molar-refractivity contribution is 6.01. The summed E-state index contributed by atoms with van der Waals surface area (Å²) in [5.41, 5.74) is 1.12. The number of hydrogen-bond acceptors (Lipinski definition) is 5. The smallest absolute Gasteiger partial charge is 0.338 e. The first-order valence-electron chi connectivity index (χ1n) is 9.24. The number of carbonyl (C=O) groups excluding carboxylic acids is 3. The summed E-state index contributed by atoms with van der Waals surface area (Å²) in [6, 6.07) is 14.7. The van der Waals surface area contributed by atoms with E-state index in [1.165, 1.54) is 6.92 Å². The van der Waals surface area contributed by atoms with Gasteiger partial charge >= 0.3 is 12.0 Å². The minimum absolute atomic E-state index is 0.174. The van der Waals surface area contributed by atoms with Gasteiger partial charge < -0.3 is 14.8 Å². The second-order valence-corrected chi connectivity index (χ2v) is 6.47. The molecule has 1 aliphatic heterocycles. The van der Waals surface area contributed by atoms with Gasteiger partial charge in [0, 0.05) is 12.6 Å². The van der Waals surface area contributed by atoms with Gasteiger partial charge in [-0.05, 0) is 43.7 Å². The van der Waals surface area contributed by atoms with Gasteiger partial charge in [-0.25, -0.2) is 9.59 Å². The van der Waals surface area contributed by atoms with Crippen LogP contribution >= 0.6 is 0 Å². The van der Waals surface area contributed by atoms with Gasteiger partial charge in [-0.3, -0.25) is 9.69 Å². The first-order chi connectivity index (χ1) is 13.9. The van der Waals surface area contributed by atoms with Crippen LogP contribution in [0.2, 0.25) is 0 Å². The third-order valence-corrected chi connectivity index (χ3v) is 4.44. The van der Waals surface area contributed by atoms with Gasteiger partial charge in [-0.15, -0.1) is 0 Å². The molecule has 0 unspecified atom stereocenters. The third kappa shape index (κ3) is 4.29. The number of ether oxygens (including phenoxy) is 2. The molecule has 7 nitrogen and oxygen atoms in total. The maximum atomic E-state index is 12.6. The van der Waals surface area contributed by atoms with Crippen molar-refractivity contribution in [2.24, 2.45) is 0 Å². The lowest BCUT2D eigenvalue weighted by atomic mass is 9.93. The van der Waals surface area contributed by atoms with Gasteiger partial charge in [0.2, 0.25) is 5.91 Å². The first-order valence-corrected chi connectivity index (χ1v) is 9.24. The molecule has 0 saturated heterocycles. The molecule has 2 aromatic carbocycles. The molecule has 0 aromatic heterocycles. The number of urea groups is 1. The maximum absolute atomic E-state index is 12.6. The van der Waals surface area contributed by atoms with Crippen LogP contribution in [0.3, 0.4) is 0 Å². The monoisotopic (exact) mass is 394 g/mol. The number of esters is 1. The molecule has 0 fully saturated rings. The molecule has 7 heteroatoms. The van der Waals surface area contributed by atoms with E-state index in [4.69, 9.17) is 9.47 Å². The van der Waals surface area contributed by atoms with Gasteiger partial charge in [-0.1, -0.05) is 30.3 Å². The van der Waals surface area contributed by atoms with Crippen molar-refractivity contribution in [1.29, 1.82) is 0 Å². The molecule has 1 heterocycles. The molecular formula is C22H22N2O5. The molecule has 3 amide bonds. The van der Waals surface area contributed by atoms with Crippen LogP contribution in [0.1, 0.15) is 32.4 Å². The summed E-state index contributed by atoms with van der Waals surface area (Å²) in [7, 11) is 0. The summed E-state index contributed by atoms with van der Waals surface area (Å²) in [6.45, 7) is 4.76. The van der Waals surface area contributed by atoms with E-state index in [0.717, 1.165) is 4.90 Å². The Hall–Kier alpha value is -3.61. The SMILES string of the molecule is CCOC(=O)C1=C(C)NC(=O)N(C(C)=O)[C@H]1c1cccc(Oc2ccccc2)c1. The summed E-state index contributed by atoms with van der Waals surface area (Å²) in [6.07, 6.45) is 0. The van der Waals surface area contributed by atoms with Crippen LogP contribution in [-0.2, 0) is 14.3 Å². The van der Waals surface area contributed by atoms with Crippen molar-refractivity contribution in [3.8, 4) is 11.5 Å². The number of carbonyl (C=O) groups is 3. The number of hydrogen-bond donors (Lipinski definition) is 1. The summed E-state index contributed by atoms with van der Waals surface area (Å²) in [5.74, 6) is 0.0858. The Kier molecular flexibility index (Phi) is 5.97. The van der Waals surface area contributed by atoms with Crippen LogP contribution in [0.4, 0.5) is 4.79 Å². The van der Waals surface area contributed by atoms with Crippen LogP contribution in [0.15, 0.2) is 65.9 Å². The quantitative estimate of drug-likeness (QED) is 0.777. The van der Waals surface area contributed by atoms with Crippen molar-refractivity contribution < 1.29 is 23.9 Å². The summed E-state index contributed by atoms with van der Waals surface area (Å²) in [4.78, 5) is 38.4. The Labute approximate surface area is 168 Å². The molecule has 0 saturated carbocycles. The number of nitrogens with one attached hydrogen (secondary N) is 1. The lowest BCUT2D eigenvalue weighted by Gasteiger charge is -2.35. The number of rotatable bonds is 5. The number of amides is 3. The molecule has 0 radical (unpaired) electrons. The van der Waals surface area contributed by atoms with E-state index < -0.39 is 23.9 Å². The zero-order valence-corrected chi connectivity index (χ0v) is 16.5. The highest BCUT2D eigenvalue weighted by Gasteiger charge is 2.40. The molecule has 0 bridgehead atoms. The molecule has 3 rings (SSSR count). The van der Waals surface area contributed by atoms with Crippen LogP contribution in [0, 0.1) is 0 Å². The van der Waals surface area contributed by atoms with E-state index in [9.17, 15) is 14.4 Å². The first kappa shape index (κ1) is 20.1. The lowest BCUT2D eigenvalue weighted by Crippen LogP contribution is -2.50. The van der Waals surface area contributed by atoms with Crippen molar-refractivity contribution in [3.63, 3.8) is 0 Å². The second-order valence-electron chi connectivity index (χ2n) is 6.47. The highest BCUT2D eigenvalue weighted by Crippen LogP contribution is 2.36. The second kappa shape index (κ2) is 8.60. The molecular weight excluding hydrogens is 372 g/mol. The fourth-order valence-corrected chi connectivity index (χ4v) is 3.23. The van der Waals surface area contributed by atoms with E-state index in [2.05, 4.69) is 5.32 Å². The minimum atomic E-state index is -0.917. The van der Waals surface area contributed by atoms with E-state index in [0.29, 0.717) is 22.8 Å². The Bertz CT molecular complexity index is 968. The summed E-state index contributed by atoms with van der Waals surface area (Å²) < 4.78 is 11.0. The fourth-order valence-electron chi connectivity index (χ4n) is 3.23. The normalized spacial score (nSPS) is 16.3. The van der Waals surface area contributed by atoms with Crippen molar-refractivity contribution in [3.05, 3.63) is 71.4 Å². The topological polar surface area (TPSA) is 84.9 Å². The summed E-state index contributed by atoms with van der Waals surface area (Å²) in [5, 5.41) is 2.57. The van der Waals surface area contributed by atoms with Gasteiger partial charge in [0.15, 0.2) is 0 Å². The predicted octanol–water partition coefficient (Wildman–Crippen LogP) is 3.93. The third-order valence-electron chi connectivity index (χ3n) is 4.44. The average molecular weight is 394 g/mol. The standard InChI is InChI=1S/C22H22N2O5/c1-4-28-21(26)19-14(2)23-22(27)24(15(3)25)20(19)16-9-8-12-18(13-16)29-17-10-6-5-7-11-17/h5-13,20H,4H2,1-3H3,(H,23,27)/t20-/m0/s1. The van der Waals surface area contributed by atoms with Gasteiger partial charge in [-0.2, -0.15) is 0 Å². The van der Waals surface area contributed by atoms with Crippen LogP contribution in [-0.4, -0.2) is 29.4 Å². The Morgan fingerprint density at radius 2 is 1.76 bits per heavy atom. The minimum Gasteiger partial charge on any atom is -0.463 e. The molecule has 2 aromatic rings. The molecule has 1 aliphatic rings. The van der Waals surface area contributed by atoms with E-state index >= 15 is 0 Å². The van der Waals surface area contributed by atoms with Gasteiger partial charge in [0.1, 0.15) is 17.5 Å². The summed E-state index contributed by atoms with van der Waals surface area (Å²) >= 11 is 0. The number of imide groups is 1. The molecule has 0 aliphatic carbocycles. The predicted molar refractivity (Wildman–Crippen MR) is 106 cm³/mol.